The fraction of sp³-hybridized carbons (Fsp3) is 0.667. The van der Waals surface area contributed by atoms with Gasteiger partial charge in [-0.3, -0.25) is 0 Å². The number of ether oxygens (including phenoxy) is 2. The molecule has 1 N–H and O–H groups in total. The lowest BCUT2D eigenvalue weighted by atomic mass is 10.1. The van der Waals surface area contributed by atoms with Gasteiger partial charge in [-0.1, -0.05) is 6.07 Å². The average molecular weight is 312 g/mol. The highest BCUT2D eigenvalue weighted by Crippen LogP contribution is 2.17. The van der Waals surface area contributed by atoms with Crippen molar-refractivity contribution in [1.82, 2.24) is 10.2 Å². The Hall–Kier alpha value is -1.11. The van der Waals surface area contributed by atoms with Crippen molar-refractivity contribution in [3.8, 4) is 0 Å². The van der Waals surface area contributed by atoms with Crippen LogP contribution in [-0.2, 0) is 15.9 Å². The van der Waals surface area contributed by atoms with Crippen molar-refractivity contribution in [2.75, 3.05) is 40.0 Å². The van der Waals surface area contributed by atoms with E-state index in [1.807, 2.05) is 4.90 Å². The van der Waals surface area contributed by atoms with Crippen molar-refractivity contribution >= 4 is 17.4 Å². The molecule has 1 fully saturated rings. The molecule has 0 aromatic carbocycles. The molecule has 2 rings (SSSR count). The summed E-state index contributed by atoms with van der Waals surface area (Å²) in [4.78, 5) is 15.7. The summed E-state index contributed by atoms with van der Waals surface area (Å²) >= 11 is 1.74. The van der Waals surface area contributed by atoms with Crippen LogP contribution in [0.5, 0.6) is 0 Å². The molecule has 0 aliphatic carbocycles. The Bertz CT molecular complexity index is 405. The maximum Gasteiger partial charge on any atom is 0.317 e. The third-order valence-electron chi connectivity index (χ3n) is 3.65. The molecule has 1 aliphatic rings. The van der Waals surface area contributed by atoms with Gasteiger partial charge in [-0.15, -0.1) is 11.3 Å². The van der Waals surface area contributed by atoms with E-state index in [4.69, 9.17) is 9.47 Å². The number of nitrogens with one attached hydrogen (secondary N) is 1. The molecular weight excluding hydrogens is 288 g/mol. The molecule has 0 radical (unpaired) electrons. The fourth-order valence-corrected chi connectivity index (χ4v) is 3.19. The molecule has 0 unspecified atom stereocenters. The van der Waals surface area contributed by atoms with Gasteiger partial charge in [0.15, 0.2) is 0 Å². The van der Waals surface area contributed by atoms with E-state index in [-0.39, 0.29) is 12.1 Å². The molecule has 118 valence electrons. The van der Waals surface area contributed by atoms with Crippen LogP contribution in [0.15, 0.2) is 17.5 Å². The molecule has 0 saturated carbocycles. The van der Waals surface area contributed by atoms with Gasteiger partial charge < -0.3 is 19.7 Å². The summed E-state index contributed by atoms with van der Waals surface area (Å²) in [6.07, 6.45) is 2.75. The number of carbonyl (C=O) groups is 1. The highest BCUT2D eigenvalue weighted by Gasteiger charge is 2.25. The van der Waals surface area contributed by atoms with Crippen LogP contribution in [0.3, 0.4) is 0 Å². The van der Waals surface area contributed by atoms with Gasteiger partial charge in [0.05, 0.1) is 6.61 Å². The molecule has 2 heterocycles. The van der Waals surface area contributed by atoms with Gasteiger partial charge in [0.25, 0.3) is 0 Å². The lowest BCUT2D eigenvalue weighted by Gasteiger charge is -2.34. The molecule has 1 aromatic rings. The fourth-order valence-electron chi connectivity index (χ4n) is 2.49. The first-order chi connectivity index (χ1) is 10.3. The molecular formula is C15H24N2O3S. The van der Waals surface area contributed by atoms with Gasteiger partial charge in [-0.05, 0) is 30.7 Å². The van der Waals surface area contributed by atoms with Gasteiger partial charge in [0.1, 0.15) is 0 Å². The Morgan fingerprint density at radius 1 is 1.52 bits per heavy atom. The smallest absolute Gasteiger partial charge is 0.317 e. The summed E-state index contributed by atoms with van der Waals surface area (Å²) in [6, 6.07) is 4.46. The summed E-state index contributed by atoms with van der Waals surface area (Å²) in [5, 5.41) is 5.01. The van der Waals surface area contributed by atoms with Gasteiger partial charge in [0, 0.05) is 44.3 Å². The maximum atomic E-state index is 12.4. The van der Waals surface area contributed by atoms with E-state index < -0.39 is 0 Å². The van der Waals surface area contributed by atoms with Crippen LogP contribution >= 0.6 is 11.3 Å². The first-order valence-electron chi connectivity index (χ1n) is 7.45. The van der Waals surface area contributed by atoms with Crippen LogP contribution in [0.2, 0.25) is 0 Å². The Morgan fingerprint density at radius 3 is 3.00 bits per heavy atom. The largest absolute Gasteiger partial charge is 0.383 e. The monoisotopic (exact) mass is 312 g/mol. The summed E-state index contributed by atoms with van der Waals surface area (Å²) < 4.78 is 10.4. The first-order valence-corrected chi connectivity index (χ1v) is 8.32. The molecule has 1 aromatic heterocycles. The van der Waals surface area contributed by atoms with E-state index >= 15 is 0 Å². The van der Waals surface area contributed by atoms with Gasteiger partial charge in [-0.2, -0.15) is 0 Å². The zero-order valence-corrected chi connectivity index (χ0v) is 13.4. The zero-order chi connectivity index (χ0) is 14.9. The molecule has 1 aliphatic heterocycles. The van der Waals surface area contributed by atoms with Crippen LogP contribution in [0.25, 0.3) is 0 Å². The summed E-state index contributed by atoms with van der Waals surface area (Å²) in [7, 11) is 1.64. The van der Waals surface area contributed by atoms with Crippen molar-refractivity contribution in [2.45, 2.75) is 25.3 Å². The molecule has 5 nitrogen and oxygen atoms in total. The van der Waals surface area contributed by atoms with E-state index in [0.717, 1.165) is 39.0 Å². The summed E-state index contributed by atoms with van der Waals surface area (Å²) in [5.41, 5.74) is 0. The van der Waals surface area contributed by atoms with Crippen LogP contribution in [0, 0.1) is 0 Å². The van der Waals surface area contributed by atoms with Gasteiger partial charge in [0.2, 0.25) is 0 Å². The SMILES string of the molecule is COCCNC(=O)N(CCc1cccs1)C1CCOCC1. The number of methoxy groups -OCH3 is 1. The average Bonchev–Trinajstić information content (AvgIpc) is 3.02. The van der Waals surface area contributed by atoms with Crippen LogP contribution in [0.1, 0.15) is 17.7 Å². The minimum Gasteiger partial charge on any atom is -0.383 e. The molecule has 2 amide bonds. The second-order valence-electron chi connectivity index (χ2n) is 5.09. The van der Waals surface area contributed by atoms with Crippen molar-refractivity contribution in [3.63, 3.8) is 0 Å². The van der Waals surface area contributed by atoms with Crippen LogP contribution < -0.4 is 5.32 Å². The molecule has 0 bridgehead atoms. The minimum atomic E-state index is 0.00973. The molecule has 1 saturated heterocycles. The van der Waals surface area contributed by atoms with Crippen LogP contribution in [0.4, 0.5) is 4.79 Å². The number of rotatable bonds is 7. The molecule has 0 atom stereocenters. The number of hydrogen-bond donors (Lipinski definition) is 1. The quantitative estimate of drug-likeness (QED) is 0.785. The number of carbonyl (C=O) groups excluding carboxylic acids is 1. The zero-order valence-electron chi connectivity index (χ0n) is 12.5. The summed E-state index contributed by atoms with van der Waals surface area (Å²) in [5.74, 6) is 0. The predicted octanol–water partition coefficient (Wildman–Crippen LogP) is 2.13. The number of hydrogen-bond acceptors (Lipinski definition) is 4. The number of thiophene rings is 1. The van der Waals surface area contributed by atoms with Gasteiger partial charge >= 0.3 is 6.03 Å². The van der Waals surface area contributed by atoms with E-state index in [2.05, 4.69) is 22.8 Å². The van der Waals surface area contributed by atoms with Crippen LogP contribution in [-0.4, -0.2) is 57.0 Å². The Morgan fingerprint density at radius 2 is 2.33 bits per heavy atom. The lowest BCUT2D eigenvalue weighted by molar-refractivity contribution is 0.0459. The molecule has 21 heavy (non-hydrogen) atoms. The number of urea groups is 1. The standard InChI is InChI=1S/C15H24N2O3S/c1-19-11-7-16-15(18)17(13-5-9-20-10-6-13)8-4-14-3-2-12-21-14/h2-3,12-13H,4-11H2,1H3,(H,16,18). The second kappa shape index (κ2) is 9.02. The Kier molecular flexibility index (Phi) is 6.99. The van der Waals surface area contributed by atoms with Gasteiger partial charge in [-0.25, -0.2) is 4.79 Å². The summed E-state index contributed by atoms with van der Waals surface area (Å²) in [6.45, 7) is 3.33. The van der Waals surface area contributed by atoms with Crippen molar-refractivity contribution in [3.05, 3.63) is 22.4 Å². The third-order valence-corrected chi connectivity index (χ3v) is 4.59. The topological polar surface area (TPSA) is 50.8 Å². The second-order valence-corrected chi connectivity index (χ2v) is 6.12. The van der Waals surface area contributed by atoms with Crippen molar-refractivity contribution in [2.24, 2.45) is 0 Å². The number of amides is 2. The maximum absolute atomic E-state index is 12.4. The van der Waals surface area contributed by atoms with E-state index in [0.29, 0.717) is 13.2 Å². The Labute approximate surface area is 130 Å². The number of nitrogens with zero attached hydrogens (tertiary/aromatic N) is 1. The normalized spacial score (nSPS) is 15.9. The van der Waals surface area contributed by atoms with E-state index in [1.54, 1.807) is 18.4 Å². The van der Waals surface area contributed by atoms with Crippen molar-refractivity contribution < 1.29 is 14.3 Å². The van der Waals surface area contributed by atoms with E-state index in [9.17, 15) is 4.79 Å². The lowest BCUT2D eigenvalue weighted by Crippen LogP contribution is -2.49. The third kappa shape index (κ3) is 5.30. The van der Waals surface area contributed by atoms with E-state index in [1.165, 1.54) is 4.88 Å². The molecule has 6 heteroatoms. The minimum absolute atomic E-state index is 0.00973. The Balaban J connectivity index is 1.90. The predicted molar refractivity (Wildman–Crippen MR) is 83.8 cm³/mol. The first kappa shape index (κ1) is 16.3. The molecule has 0 spiro atoms. The highest BCUT2D eigenvalue weighted by molar-refractivity contribution is 7.09. The van der Waals surface area contributed by atoms with Crippen molar-refractivity contribution in [1.29, 1.82) is 0 Å². The highest BCUT2D eigenvalue weighted by atomic mass is 32.1.